The number of benzene rings is 9. The highest BCUT2D eigenvalue weighted by molar-refractivity contribution is 6.10. The molecule has 0 aliphatic heterocycles. The summed E-state index contributed by atoms with van der Waals surface area (Å²) in [5.74, 6) is 8.18. The van der Waals surface area contributed by atoms with Crippen molar-refractivity contribution in [3.05, 3.63) is 251 Å². The first kappa shape index (κ1) is 70.5. The van der Waals surface area contributed by atoms with Crippen LogP contribution in [0.15, 0.2) is 206 Å². The molecule has 0 aliphatic rings. The zero-order valence-electron chi connectivity index (χ0n) is 55.0. The molecule has 9 aromatic rings. The monoisotopic (exact) mass is 1330 g/mol. The van der Waals surface area contributed by atoms with Gasteiger partial charge in [0.2, 0.25) is 11.8 Å². The fraction of sp³-hybridized carbons (Fsp3) is 0.125. The Hall–Kier alpha value is -13.8. The third-order valence-corrected chi connectivity index (χ3v) is 16.0. The van der Waals surface area contributed by atoms with Gasteiger partial charge in [0, 0.05) is 102 Å². The van der Waals surface area contributed by atoms with Crippen molar-refractivity contribution >= 4 is 116 Å². The molecule has 12 N–H and O–H groups in total. The summed E-state index contributed by atoms with van der Waals surface area (Å²) in [5.41, 5.74) is 4.88. The summed E-state index contributed by atoms with van der Waals surface area (Å²) in [4.78, 5) is 111. The average Bonchev–Trinajstić information content (AvgIpc) is 0.793. The summed E-state index contributed by atoms with van der Waals surface area (Å²) in [5, 5.41) is 33.9. The standard InChI is InChI=1S/C80H70N12O8/c1-9-36-79(7,73(95)83-65-34-21-33-64(48-65)82-72(94)56-43-67(89-75(97)85-59-28-15-22-51(11-3)38-59)49-68(44-56)90-76(98)86-60-29-16-23-52(12-4)39-60)57-27-19-26-55(42-57)71(93)81-63-32-20-35-66(47-63)84-74(96)80(8,37-10-2)58-45-69(91-77(99)87-61-30-17-24-53(13-5)40-61)50-70(46-58)92-78(100)88-62-31-18-25-54(14-6)41-62/h3-6,15-35,38-50H,9-10,36-37H2,1-2,7-8H3,(H,81,93)(H,82,94)(H,83,95)(H,84,96)(H2,85,89,97)(H2,86,90,98)(H2,87,91,99)(H2,88,92,100). The highest BCUT2D eigenvalue weighted by Crippen LogP contribution is 2.37. The Morgan fingerprint density at radius 3 is 0.900 bits per heavy atom. The lowest BCUT2D eigenvalue weighted by atomic mass is 9.77. The fourth-order valence-electron chi connectivity index (χ4n) is 11.0. The molecular formula is C80H70N12O8. The Labute approximate surface area is 579 Å². The number of anilines is 12. The van der Waals surface area contributed by atoms with Crippen LogP contribution in [-0.4, -0.2) is 47.8 Å². The van der Waals surface area contributed by atoms with Crippen LogP contribution in [0.25, 0.3) is 0 Å². The van der Waals surface area contributed by atoms with Gasteiger partial charge in [-0.15, -0.1) is 25.7 Å². The van der Waals surface area contributed by atoms with Crippen LogP contribution < -0.4 is 63.8 Å². The van der Waals surface area contributed by atoms with Gasteiger partial charge in [-0.3, -0.25) is 19.2 Å². The summed E-state index contributed by atoms with van der Waals surface area (Å²) < 4.78 is 0. The second-order valence-corrected chi connectivity index (χ2v) is 23.5. The summed E-state index contributed by atoms with van der Waals surface area (Å²) >= 11 is 0. The molecule has 2 unspecified atom stereocenters. The number of terminal acetylenes is 4. The third kappa shape index (κ3) is 18.8. The second kappa shape index (κ2) is 32.5. The Kier molecular flexibility index (Phi) is 22.9. The quantitative estimate of drug-likeness (QED) is 0.0289. The molecule has 498 valence electrons. The fourth-order valence-corrected chi connectivity index (χ4v) is 11.0. The number of carbonyl (C=O) groups excluding carboxylic acids is 8. The molecule has 0 aliphatic carbocycles. The second-order valence-electron chi connectivity index (χ2n) is 23.5. The number of carbonyl (C=O) groups is 8. The largest absolute Gasteiger partial charge is 0.325 e. The molecule has 0 fully saturated rings. The van der Waals surface area contributed by atoms with E-state index in [0.29, 0.717) is 105 Å². The first-order valence-electron chi connectivity index (χ1n) is 31.6. The van der Waals surface area contributed by atoms with Gasteiger partial charge in [-0.25, -0.2) is 19.2 Å². The molecule has 12 amide bonds. The van der Waals surface area contributed by atoms with Gasteiger partial charge in [0.15, 0.2) is 0 Å². The molecule has 0 radical (unpaired) electrons. The van der Waals surface area contributed by atoms with E-state index in [9.17, 15) is 38.4 Å². The lowest BCUT2D eigenvalue weighted by molar-refractivity contribution is -0.122. The molecule has 20 heteroatoms. The lowest BCUT2D eigenvalue weighted by Gasteiger charge is -2.30. The molecule has 0 saturated carbocycles. The molecule has 0 heterocycles. The van der Waals surface area contributed by atoms with E-state index >= 15 is 0 Å². The Morgan fingerprint density at radius 2 is 0.560 bits per heavy atom. The number of hydrogen-bond acceptors (Lipinski definition) is 8. The number of hydrogen-bond donors (Lipinski definition) is 12. The predicted molar refractivity (Wildman–Crippen MR) is 398 cm³/mol. The molecular weight excluding hydrogens is 1260 g/mol. The van der Waals surface area contributed by atoms with Crippen molar-refractivity contribution in [2.24, 2.45) is 0 Å². The predicted octanol–water partition coefficient (Wildman–Crippen LogP) is 16.1. The van der Waals surface area contributed by atoms with E-state index in [1.165, 1.54) is 18.2 Å². The van der Waals surface area contributed by atoms with E-state index in [1.807, 2.05) is 13.8 Å². The van der Waals surface area contributed by atoms with E-state index in [-0.39, 0.29) is 33.9 Å². The molecule has 100 heavy (non-hydrogen) atoms. The first-order chi connectivity index (χ1) is 48.2. The lowest BCUT2D eigenvalue weighted by Crippen LogP contribution is -2.38. The maximum atomic E-state index is 14.8. The zero-order chi connectivity index (χ0) is 71.3. The number of urea groups is 4. The minimum absolute atomic E-state index is 0.0386. The molecule has 0 aromatic heterocycles. The normalized spacial score (nSPS) is 11.6. The summed E-state index contributed by atoms with van der Waals surface area (Å²) in [6, 6.07) is 53.3. The van der Waals surface area contributed by atoms with Gasteiger partial charge in [-0.1, -0.05) is 98.9 Å². The van der Waals surface area contributed by atoms with Gasteiger partial charge in [0.05, 0.1) is 10.8 Å². The molecule has 9 aromatic carbocycles. The van der Waals surface area contributed by atoms with Gasteiger partial charge >= 0.3 is 24.1 Å². The van der Waals surface area contributed by atoms with Crippen LogP contribution in [0, 0.1) is 49.4 Å². The molecule has 2 atom stereocenters. The number of rotatable bonds is 22. The Morgan fingerprint density at radius 1 is 0.290 bits per heavy atom. The van der Waals surface area contributed by atoms with Gasteiger partial charge < -0.3 is 63.8 Å². The van der Waals surface area contributed by atoms with Crippen LogP contribution in [-0.2, 0) is 20.4 Å². The van der Waals surface area contributed by atoms with Crippen molar-refractivity contribution in [3.8, 4) is 49.4 Å². The van der Waals surface area contributed by atoms with E-state index < -0.39 is 58.6 Å². The molecule has 20 nitrogen and oxygen atoms in total. The SMILES string of the molecule is C#Cc1cccc(NC(=O)Nc2cc(NC(=O)Nc3cccc(C#C)c3)cc(C(=O)Nc3cccc(NC(=O)C(C)(CCC)c4cccc(C(=O)Nc5cccc(NC(=O)C(C)(CCC)c6cc(NC(=O)Nc7cccc(C#C)c7)cc(NC(=O)Nc7cccc(C#C)c7)c6)c5)c4)c3)c2)c1. The van der Waals surface area contributed by atoms with Crippen LogP contribution in [0.3, 0.4) is 0 Å². The van der Waals surface area contributed by atoms with Gasteiger partial charge in [0.25, 0.3) is 11.8 Å². The topological polar surface area (TPSA) is 281 Å². The highest BCUT2D eigenvalue weighted by Gasteiger charge is 2.37. The number of nitrogens with one attached hydrogen (secondary N) is 12. The summed E-state index contributed by atoms with van der Waals surface area (Å²) in [6.45, 7) is 7.41. The molecule has 0 bridgehead atoms. The van der Waals surface area contributed by atoms with Crippen LogP contribution >= 0.6 is 0 Å². The molecule has 0 spiro atoms. The minimum atomic E-state index is -1.27. The Balaban J connectivity index is 0.885. The van der Waals surface area contributed by atoms with Crippen LogP contribution in [0.5, 0.6) is 0 Å². The summed E-state index contributed by atoms with van der Waals surface area (Å²) in [6.07, 6.45) is 24.1. The van der Waals surface area contributed by atoms with E-state index in [2.05, 4.69) is 87.5 Å². The molecule has 0 saturated heterocycles. The van der Waals surface area contributed by atoms with E-state index in [0.717, 1.165) is 0 Å². The average molecular weight is 1330 g/mol. The van der Waals surface area contributed by atoms with Crippen molar-refractivity contribution in [3.63, 3.8) is 0 Å². The highest BCUT2D eigenvalue weighted by atomic mass is 16.2. The van der Waals surface area contributed by atoms with Crippen LogP contribution in [0.2, 0.25) is 0 Å². The van der Waals surface area contributed by atoms with Gasteiger partial charge in [-0.05, 0) is 196 Å². The molecule has 9 rings (SSSR count). The van der Waals surface area contributed by atoms with Crippen molar-refractivity contribution in [1.29, 1.82) is 0 Å². The maximum Gasteiger partial charge on any atom is 0.323 e. The zero-order valence-corrected chi connectivity index (χ0v) is 55.0. The van der Waals surface area contributed by atoms with Gasteiger partial charge in [-0.2, -0.15) is 0 Å². The van der Waals surface area contributed by atoms with Crippen molar-refractivity contribution in [1.82, 2.24) is 0 Å². The van der Waals surface area contributed by atoms with Gasteiger partial charge in [0.1, 0.15) is 0 Å². The van der Waals surface area contributed by atoms with Crippen molar-refractivity contribution in [2.75, 3.05) is 63.8 Å². The van der Waals surface area contributed by atoms with E-state index in [4.69, 9.17) is 25.7 Å². The summed E-state index contributed by atoms with van der Waals surface area (Å²) in [7, 11) is 0. The van der Waals surface area contributed by atoms with Crippen LogP contribution in [0.1, 0.15) is 107 Å². The third-order valence-electron chi connectivity index (χ3n) is 16.0. The number of amides is 12. The Bertz CT molecular complexity index is 4660. The first-order valence-corrected chi connectivity index (χ1v) is 31.6. The minimum Gasteiger partial charge on any atom is -0.325 e. The van der Waals surface area contributed by atoms with Crippen molar-refractivity contribution < 1.29 is 38.4 Å². The maximum absolute atomic E-state index is 14.8. The van der Waals surface area contributed by atoms with E-state index in [1.54, 1.807) is 202 Å². The van der Waals surface area contributed by atoms with Crippen molar-refractivity contribution in [2.45, 2.75) is 64.2 Å². The smallest absolute Gasteiger partial charge is 0.323 e. The van der Waals surface area contributed by atoms with Crippen LogP contribution in [0.4, 0.5) is 87.4 Å².